The molecule has 27 heavy (non-hydrogen) atoms. The second kappa shape index (κ2) is 6.08. The Morgan fingerprint density at radius 3 is 2.30 bits per heavy atom. The van der Waals surface area contributed by atoms with E-state index < -0.39 is 6.04 Å². The van der Waals surface area contributed by atoms with Gasteiger partial charge in [0.2, 0.25) is 5.76 Å². The Morgan fingerprint density at radius 1 is 1.00 bits per heavy atom. The van der Waals surface area contributed by atoms with E-state index in [1.165, 1.54) is 5.56 Å². The first-order chi connectivity index (χ1) is 12.8. The first kappa shape index (κ1) is 17.5. The van der Waals surface area contributed by atoms with Crippen molar-refractivity contribution in [3.8, 4) is 0 Å². The molecule has 4 heteroatoms. The number of benzene rings is 2. The molecular weight excluding hydrogens is 338 g/mol. The largest absolute Gasteiger partial charge is 0.450 e. The van der Waals surface area contributed by atoms with Gasteiger partial charge in [0, 0.05) is 6.54 Å². The molecule has 1 aliphatic rings. The quantitative estimate of drug-likeness (QED) is 0.667. The Bertz CT molecular complexity index is 1090. The van der Waals surface area contributed by atoms with Crippen LogP contribution in [0.5, 0.6) is 0 Å². The van der Waals surface area contributed by atoms with E-state index in [9.17, 15) is 9.59 Å². The second-order valence-corrected chi connectivity index (χ2v) is 8.04. The minimum absolute atomic E-state index is 0.0433. The highest BCUT2D eigenvalue weighted by molar-refractivity contribution is 5.99. The molecule has 0 saturated heterocycles. The van der Waals surface area contributed by atoms with Crippen molar-refractivity contribution in [1.82, 2.24) is 4.90 Å². The van der Waals surface area contributed by atoms with Crippen molar-refractivity contribution < 1.29 is 9.21 Å². The fraction of sp³-hybridized carbons (Fsp3) is 0.304. The standard InChI is InChI=1S/C23H23NO3/c1-5-24-19(14-10-12-15(13-11-14)23(2,3)4)18-20(25)16-8-6-7-9-17(16)27-21(18)22(24)26/h6-13,19H,5H2,1-4H3/t19-/m0/s1. The van der Waals surface area contributed by atoms with Crippen molar-refractivity contribution in [2.45, 2.75) is 39.2 Å². The molecule has 0 aliphatic carbocycles. The van der Waals surface area contributed by atoms with Crippen LogP contribution >= 0.6 is 0 Å². The number of hydrogen-bond acceptors (Lipinski definition) is 3. The van der Waals surface area contributed by atoms with Gasteiger partial charge >= 0.3 is 0 Å². The summed E-state index contributed by atoms with van der Waals surface area (Å²) in [6, 6.07) is 14.9. The molecule has 1 aliphatic heterocycles. The van der Waals surface area contributed by atoms with Crippen molar-refractivity contribution in [2.24, 2.45) is 0 Å². The lowest BCUT2D eigenvalue weighted by Crippen LogP contribution is -2.29. The number of hydrogen-bond donors (Lipinski definition) is 0. The molecule has 4 nitrogen and oxygen atoms in total. The first-order valence-corrected chi connectivity index (χ1v) is 9.30. The van der Waals surface area contributed by atoms with E-state index in [0.29, 0.717) is 23.1 Å². The summed E-state index contributed by atoms with van der Waals surface area (Å²) in [6.07, 6.45) is 0. The normalized spacial score (nSPS) is 16.8. The molecule has 4 rings (SSSR count). The molecular formula is C23H23NO3. The zero-order valence-electron chi connectivity index (χ0n) is 16.1. The summed E-state index contributed by atoms with van der Waals surface area (Å²) in [5.74, 6) is -0.0503. The minimum atomic E-state index is -0.410. The van der Waals surface area contributed by atoms with Gasteiger partial charge in [0.25, 0.3) is 5.91 Å². The van der Waals surface area contributed by atoms with Gasteiger partial charge in [0.05, 0.1) is 17.0 Å². The van der Waals surface area contributed by atoms with Gasteiger partial charge in [-0.15, -0.1) is 0 Å². The van der Waals surface area contributed by atoms with Crippen molar-refractivity contribution in [3.63, 3.8) is 0 Å². The van der Waals surface area contributed by atoms with E-state index >= 15 is 0 Å². The fourth-order valence-corrected chi connectivity index (χ4v) is 3.81. The third-order valence-electron chi connectivity index (χ3n) is 5.31. The van der Waals surface area contributed by atoms with Crippen LogP contribution < -0.4 is 5.43 Å². The van der Waals surface area contributed by atoms with E-state index in [4.69, 9.17) is 4.42 Å². The molecule has 1 aromatic heterocycles. The van der Waals surface area contributed by atoms with Crippen molar-refractivity contribution in [1.29, 1.82) is 0 Å². The Kier molecular flexibility index (Phi) is 3.95. The number of carbonyl (C=O) groups is 1. The highest BCUT2D eigenvalue weighted by Crippen LogP contribution is 2.38. The summed E-state index contributed by atoms with van der Waals surface area (Å²) in [6.45, 7) is 8.91. The zero-order chi connectivity index (χ0) is 19.3. The molecule has 0 spiro atoms. The average molecular weight is 361 g/mol. The summed E-state index contributed by atoms with van der Waals surface area (Å²) in [7, 11) is 0. The number of rotatable bonds is 2. The van der Waals surface area contributed by atoms with Crippen molar-refractivity contribution in [3.05, 3.63) is 81.2 Å². The van der Waals surface area contributed by atoms with Crippen LogP contribution in [-0.4, -0.2) is 17.4 Å². The lowest BCUT2D eigenvalue weighted by Gasteiger charge is -2.25. The van der Waals surface area contributed by atoms with E-state index in [2.05, 4.69) is 32.9 Å². The lowest BCUT2D eigenvalue weighted by molar-refractivity contribution is 0.0738. The lowest BCUT2D eigenvalue weighted by atomic mass is 9.86. The summed E-state index contributed by atoms with van der Waals surface area (Å²) in [5.41, 5.74) is 2.96. The maximum Gasteiger partial charge on any atom is 0.290 e. The van der Waals surface area contributed by atoms with Crippen LogP contribution in [0.3, 0.4) is 0 Å². The Morgan fingerprint density at radius 2 is 1.67 bits per heavy atom. The number of amides is 1. The van der Waals surface area contributed by atoms with Gasteiger partial charge in [-0.25, -0.2) is 0 Å². The molecule has 0 fully saturated rings. The molecule has 1 atom stereocenters. The SMILES string of the molecule is CCN1C(=O)c2oc3ccccc3c(=O)c2[C@@H]1c1ccc(C(C)(C)C)cc1. The van der Waals surface area contributed by atoms with Gasteiger partial charge in [-0.2, -0.15) is 0 Å². The zero-order valence-corrected chi connectivity index (χ0v) is 16.1. The minimum Gasteiger partial charge on any atom is -0.450 e. The molecule has 0 unspecified atom stereocenters. The Balaban J connectivity index is 1.93. The van der Waals surface area contributed by atoms with E-state index in [1.54, 1.807) is 23.1 Å². The summed E-state index contributed by atoms with van der Waals surface area (Å²) in [5, 5.41) is 0.512. The number of para-hydroxylation sites is 1. The molecule has 0 radical (unpaired) electrons. The van der Waals surface area contributed by atoms with Gasteiger partial charge in [0.15, 0.2) is 5.43 Å². The second-order valence-electron chi connectivity index (χ2n) is 8.04. The van der Waals surface area contributed by atoms with E-state index in [-0.39, 0.29) is 22.5 Å². The van der Waals surface area contributed by atoms with Gasteiger partial charge in [-0.3, -0.25) is 9.59 Å². The van der Waals surface area contributed by atoms with Crippen LogP contribution in [0.2, 0.25) is 0 Å². The van der Waals surface area contributed by atoms with Gasteiger partial charge in [0.1, 0.15) is 5.58 Å². The third-order valence-corrected chi connectivity index (χ3v) is 5.31. The van der Waals surface area contributed by atoms with Gasteiger partial charge in [-0.05, 0) is 35.6 Å². The first-order valence-electron chi connectivity index (χ1n) is 9.30. The van der Waals surface area contributed by atoms with Crippen LogP contribution in [0.1, 0.15) is 61.0 Å². The highest BCUT2D eigenvalue weighted by atomic mass is 16.3. The summed E-state index contributed by atoms with van der Waals surface area (Å²) < 4.78 is 5.87. The molecule has 1 amide bonds. The maximum atomic E-state index is 13.2. The van der Waals surface area contributed by atoms with E-state index in [0.717, 1.165) is 5.56 Å². The highest BCUT2D eigenvalue weighted by Gasteiger charge is 2.41. The molecule has 0 saturated carbocycles. The average Bonchev–Trinajstić information content (AvgIpc) is 2.93. The third kappa shape index (κ3) is 2.67. The maximum absolute atomic E-state index is 13.2. The van der Waals surface area contributed by atoms with Crippen molar-refractivity contribution >= 4 is 16.9 Å². The topological polar surface area (TPSA) is 50.5 Å². The molecule has 2 heterocycles. The number of fused-ring (bicyclic) bond motifs is 2. The van der Waals surface area contributed by atoms with Crippen LogP contribution in [0.15, 0.2) is 57.7 Å². The smallest absolute Gasteiger partial charge is 0.290 e. The molecule has 3 aromatic rings. The van der Waals surface area contributed by atoms with Crippen LogP contribution in [0.25, 0.3) is 11.0 Å². The molecule has 0 N–H and O–H groups in total. The predicted molar refractivity (Wildman–Crippen MR) is 106 cm³/mol. The van der Waals surface area contributed by atoms with Gasteiger partial charge in [-0.1, -0.05) is 57.2 Å². The fourth-order valence-electron chi connectivity index (χ4n) is 3.81. The van der Waals surface area contributed by atoms with Crippen LogP contribution in [-0.2, 0) is 5.41 Å². The van der Waals surface area contributed by atoms with Crippen molar-refractivity contribution in [2.75, 3.05) is 6.54 Å². The number of carbonyl (C=O) groups excluding carboxylic acids is 1. The predicted octanol–water partition coefficient (Wildman–Crippen LogP) is 4.66. The molecule has 138 valence electrons. The van der Waals surface area contributed by atoms with E-state index in [1.807, 2.05) is 25.1 Å². The van der Waals surface area contributed by atoms with Crippen LogP contribution in [0.4, 0.5) is 0 Å². The monoisotopic (exact) mass is 361 g/mol. The Hall–Kier alpha value is -2.88. The molecule has 2 aromatic carbocycles. The molecule has 0 bridgehead atoms. The number of nitrogens with zero attached hydrogens (tertiary/aromatic N) is 1. The summed E-state index contributed by atoms with van der Waals surface area (Å²) in [4.78, 5) is 27.8. The van der Waals surface area contributed by atoms with Crippen LogP contribution in [0, 0.1) is 0 Å². The summed E-state index contributed by atoms with van der Waals surface area (Å²) >= 11 is 0. The van der Waals surface area contributed by atoms with Gasteiger partial charge < -0.3 is 9.32 Å². The Labute approximate surface area is 158 Å².